The maximum Gasteiger partial charge on any atom is 0.348 e. The Morgan fingerprint density at radius 3 is 2.64 bits per heavy atom. The van der Waals surface area contributed by atoms with Crippen LogP contribution in [0.15, 0.2) is 29.2 Å². The Hall–Kier alpha value is -2.35. The molecule has 1 aliphatic rings. The molecule has 5 nitrogen and oxygen atoms in total. The summed E-state index contributed by atoms with van der Waals surface area (Å²) in [4.78, 5) is 22.9. The molecule has 0 radical (unpaired) electrons. The van der Waals surface area contributed by atoms with E-state index in [1.165, 1.54) is 10.6 Å². The monoisotopic (exact) mass is 398 g/mol. The van der Waals surface area contributed by atoms with Gasteiger partial charge in [0.1, 0.15) is 28.7 Å². The largest absolute Gasteiger partial charge is 0.348 e. The highest BCUT2D eigenvalue weighted by Gasteiger charge is 2.29. The maximum atomic E-state index is 15.0. The summed E-state index contributed by atoms with van der Waals surface area (Å²) < 4.78 is 30.5. The topological polar surface area (TPSA) is 51.0 Å². The molecule has 28 heavy (non-hydrogen) atoms. The SMILES string of the molecule is BC(B)(B)n1c(=O)nc(N2CCCc3c2ccnc3Cl)c2c(F)c(F)ccc21. The smallest absolute Gasteiger partial charge is 0.325 e. The van der Waals surface area contributed by atoms with E-state index < -0.39 is 22.6 Å². The molecular weight excluding hydrogens is 382 g/mol. The lowest BCUT2D eigenvalue weighted by Gasteiger charge is -2.32. The van der Waals surface area contributed by atoms with E-state index in [0.717, 1.165) is 18.1 Å². The second-order valence-electron chi connectivity index (χ2n) is 7.83. The van der Waals surface area contributed by atoms with Gasteiger partial charge in [0.05, 0.1) is 16.6 Å². The van der Waals surface area contributed by atoms with Crippen LogP contribution in [-0.2, 0) is 11.7 Å². The third kappa shape index (κ3) is 2.90. The molecule has 0 spiro atoms. The highest BCUT2D eigenvalue weighted by atomic mass is 35.5. The summed E-state index contributed by atoms with van der Waals surface area (Å²) in [6, 6.07) is 4.21. The van der Waals surface area contributed by atoms with Gasteiger partial charge in [-0.3, -0.25) is 0 Å². The van der Waals surface area contributed by atoms with Crippen LogP contribution in [-0.4, -0.2) is 44.6 Å². The number of fused-ring (bicyclic) bond motifs is 2. The summed E-state index contributed by atoms with van der Waals surface area (Å²) in [5, 5.41) is -0.311. The van der Waals surface area contributed by atoms with Crippen molar-refractivity contribution in [2.45, 2.75) is 18.1 Å². The zero-order chi connectivity index (χ0) is 20.2. The van der Waals surface area contributed by atoms with Gasteiger partial charge in [-0.05, 0) is 36.3 Å². The fraction of sp³-hybridized carbons (Fsp3) is 0.235. The van der Waals surface area contributed by atoms with E-state index >= 15 is 0 Å². The minimum absolute atomic E-state index is 0.0182. The zero-order valence-electron chi connectivity index (χ0n) is 15.8. The average molecular weight is 398 g/mol. The summed E-state index contributed by atoms with van der Waals surface area (Å²) in [6.07, 6.45) is 2.99. The average Bonchev–Trinajstić information content (AvgIpc) is 2.63. The van der Waals surface area contributed by atoms with E-state index in [-0.39, 0.29) is 11.2 Å². The van der Waals surface area contributed by atoms with Crippen LogP contribution in [0.2, 0.25) is 5.15 Å². The second-order valence-corrected chi connectivity index (χ2v) is 8.19. The lowest BCUT2D eigenvalue weighted by atomic mass is 9.49. The first-order valence-electron chi connectivity index (χ1n) is 9.02. The van der Waals surface area contributed by atoms with Gasteiger partial charge in [0.25, 0.3) is 0 Å². The number of hydrogen-bond acceptors (Lipinski definition) is 4. The summed E-state index contributed by atoms with van der Waals surface area (Å²) in [5.41, 5.74) is 1.29. The van der Waals surface area contributed by atoms with Gasteiger partial charge in [0.2, 0.25) is 0 Å². The van der Waals surface area contributed by atoms with Crippen LogP contribution in [0.1, 0.15) is 12.0 Å². The molecule has 0 aliphatic carbocycles. The standard InChI is InChI=1S/C17H16B3ClF2N4O/c18-17(19,20)27-11-4-3-9(22)13(23)12(11)15(25-16(27)28)26-7-1-2-8-10(26)5-6-24-14(8)21/h3-6H,1-2,7,18-20H2. The predicted octanol–water partition coefficient (Wildman–Crippen LogP) is 0.274. The highest BCUT2D eigenvalue weighted by molar-refractivity contribution is 6.56. The maximum absolute atomic E-state index is 15.0. The van der Waals surface area contributed by atoms with Gasteiger partial charge < -0.3 is 9.47 Å². The van der Waals surface area contributed by atoms with Crippen molar-refractivity contribution < 1.29 is 8.78 Å². The molecule has 0 saturated carbocycles. The fourth-order valence-electron chi connectivity index (χ4n) is 3.78. The Morgan fingerprint density at radius 2 is 1.93 bits per heavy atom. The minimum atomic E-state index is -1.02. The van der Waals surface area contributed by atoms with E-state index in [2.05, 4.69) is 9.97 Å². The van der Waals surface area contributed by atoms with Gasteiger partial charge in [-0.2, -0.15) is 4.98 Å². The van der Waals surface area contributed by atoms with Crippen LogP contribution < -0.4 is 10.6 Å². The van der Waals surface area contributed by atoms with Crippen LogP contribution in [0.5, 0.6) is 0 Å². The molecule has 0 N–H and O–H groups in total. The van der Waals surface area contributed by atoms with Crippen molar-refractivity contribution in [3.63, 3.8) is 0 Å². The van der Waals surface area contributed by atoms with Crippen LogP contribution in [0.3, 0.4) is 0 Å². The fourth-order valence-corrected chi connectivity index (χ4v) is 4.03. The van der Waals surface area contributed by atoms with Crippen LogP contribution in [0.25, 0.3) is 10.9 Å². The first kappa shape index (κ1) is 19.0. The highest BCUT2D eigenvalue weighted by Crippen LogP contribution is 2.38. The second kappa shape index (κ2) is 6.62. The quantitative estimate of drug-likeness (QED) is 0.460. The van der Waals surface area contributed by atoms with E-state index in [4.69, 9.17) is 11.6 Å². The lowest BCUT2D eigenvalue weighted by Crippen LogP contribution is -2.44. The number of halogens is 3. The van der Waals surface area contributed by atoms with Crippen molar-refractivity contribution in [3.05, 3.63) is 57.2 Å². The van der Waals surface area contributed by atoms with Gasteiger partial charge in [0.15, 0.2) is 17.5 Å². The Kier molecular flexibility index (Phi) is 4.49. The Morgan fingerprint density at radius 1 is 1.18 bits per heavy atom. The van der Waals surface area contributed by atoms with Gasteiger partial charge in [-0.15, -0.1) is 0 Å². The normalized spacial score (nSPS) is 14.3. The predicted molar refractivity (Wildman–Crippen MR) is 114 cm³/mol. The van der Waals surface area contributed by atoms with E-state index in [9.17, 15) is 13.6 Å². The molecule has 3 heterocycles. The third-order valence-corrected chi connectivity index (χ3v) is 5.26. The molecule has 140 valence electrons. The summed E-state index contributed by atoms with van der Waals surface area (Å²) >= 11 is 6.23. The molecular formula is C17H16B3ClF2N4O. The summed E-state index contributed by atoms with van der Waals surface area (Å²) in [5.74, 6) is -1.91. The Labute approximate surface area is 168 Å². The zero-order valence-corrected chi connectivity index (χ0v) is 16.5. The van der Waals surface area contributed by atoms with Crippen molar-refractivity contribution in [1.82, 2.24) is 14.5 Å². The Balaban J connectivity index is 2.10. The molecule has 0 saturated heterocycles. The number of pyridine rings is 1. The molecule has 0 atom stereocenters. The van der Waals surface area contributed by atoms with Gasteiger partial charge in [-0.1, -0.05) is 11.6 Å². The van der Waals surface area contributed by atoms with Gasteiger partial charge in [0, 0.05) is 18.3 Å². The van der Waals surface area contributed by atoms with E-state index in [1.54, 1.807) is 17.2 Å². The first-order chi connectivity index (χ1) is 13.2. The molecule has 11 heteroatoms. The molecule has 0 bridgehead atoms. The molecule has 0 amide bonds. The number of nitrogens with zero attached hydrogens (tertiary/aromatic N) is 4. The molecule has 2 aromatic heterocycles. The van der Waals surface area contributed by atoms with E-state index in [1.807, 2.05) is 23.5 Å². The van der Waals surface area contributed by atoms with Crippen LogP contribution in [0.4, 0.5) is 20.3 Å². The van der Waals surface area contributed by atoms with Crippen molar-refractivity contribution in [3.8, 4) is 0 Å². The number of anilines is 2. The molecule has 0 fully saturated rings. The molecule has 4 rings (SSSR count). The third-order valence-electron chi connectivity index (χ3n) is 4.93. The van der Waals surface area contributed by atoms with Crippen LogP contribution in [0, 0.1) is 11.6 Å². The van der Waals surface area contributed by atoms with E-state index in [0.29, 0.717) is 29.3 Å². The van der Waals surface area contributed by atoms with Crippen molar-refractivity contribution >= 4 is 57.5 Å². The van der Waals surface area contributed by atoms with Crippen molar-refractivity contribution in [1.29, 1.82) is 0 Å². The summed E-state index contributed by atoms with van der Waals surface area (Å²) in [6.45, 7) is 0.504. The minimum Gasteiger partial charge on any atom is -0.325 e. The van der Waals surface area contributed by atoms with Gasteiger partial charge >= 0.3 is 5.69 Å². The molecule has 3 aromatic rings. The summed E-state index contributed by atoms with van der Waals surface area (Å²) in [7, 11) is 5.45. The molecule has 0 unspecified atom stereocenters. The lowest BCUT2D eigenvalue weighted by molar-refractivity contribution is 0.515. The Bertz CT molecular complexity index is 1170. The van der Waals surface area contributed by atoms with Gasteiger partial charge in [-0.25, -0.2) is 18.6 Å². The first-order valence-corrected chi connectivity index (χ1v) is 9.40. The number of rotatable bonds is 2. The van der Waals surface area contributed by atoms with Crippen molar-refractivity contribution in [2.75, 3.05) is 11.4 Å². The molecule has 1 aliphatic heterocycles. The number of aromatic nitrogens is 3. The number of benzene rings is 1. The van der Waals surface area contributed by atoms with Crippen molar-refractivity contribution in [2.24, 2.45) is 0 Å². The number of hydrogen-bond donors (Lipinski definition) is 0. The van der Waals surface area contributed by atoms with Crippen LogP contribution >= 0.6 is 11.6 Å². The molecule has 1 aromatic carbocycles.